The molecule has 3 rings (SSSR count). The van der Waals surface area contributed by atoms with Crippen LogP contribution in [0.2, 0.25) is 0 Å². The molecule has 0 radical (unpaired) electrons. The van der Waals surface area contributed by atoms with E-state index in [1.807, 2.05) is 20.8 Å². The van der Waals surface area contributed by atoms with Crippen LogP contribution in [0.5, 0.6) is 11.5 Å². The second-order valence-corrected chi connectivity index (χ2v) is 7.65. The van der Waals surface area contributed by atoms with Crippen molar-refractivity contribution in [1.29, 1.82) is 0 Å². The van der Waals surface area contributed by atoms with E-state index < -0.39 is 0 Å². The predicted octanol–water partition coefficient (Wildman–Crippen LogP) is 5.03. The van der Waals surface area contributed by atoms with Gasteiger partial charge in [-0.25, -0.2) is 9.37 Å². The van der Waals surface area contributed by atoms with Crippen LogP contribution in [-0.4, -0.2) is 30.6 Å². The van der Waals surface area contributed by atoms with Gasteiger partial charge in [-0.1, -0.05) is 0 Å². The first kappa shape index (κ1) is 21.8. The number of hydrogen-bond donors (Lipinski definition) is 1. The molecule has 0 aliphatic rings. The van der Waals surface area contributed by atoms with Gasteiger partial charge >= 0.3 is 0 Å². The van der Waals surface area contributed by atoms with Crippen molar-refractivity contribution in [1.82, 2.24) is 10.3 Å². The van der Waals surface area contributed by atoms with Crippen molar-refractivity contribution in [3.63, 3.8) is 0 Å². The van der Waals surface area contributed by atoms with Crippen LogP contribution in [0.25, 0.3) is 10.6 Å². The maximum atomic E-state index is 13.1. The van der Waals surface area contributed by atoms with Gasteiger partial charge in [-0.15, -0.1) is 11.3 Å². The van der Waals surface area contributed by atoms with Gasteiger partial charge in [-0.2, -0.15) is 0 Å². The molecular weight excluding hydrogens is 403 g/mol. The van der Waals surface area contributed by atoms with Crippen molar-refractivity contribution in [2.24, 2.45) is 0 Å². The Bertz CT molecular complexity index is 1000. The number of benzene rings is 2. The van der Waals surface area contributed by atoms with E-state index in [4.69, 9.17) is 9.47 Å². The van der Waals surface area contributed by atoms with Gasteiger partial charge in [0.15, 0.2) is 11.5 Å². The van der Waals surface area contributed by atoms with Gasteiger partial charge in [0.25, 0.3) is 5.91 Å². The minimum Gasteiger partial charge on any atom is -0.490 e. The Morgan fingerprint density at radius 2 is 1.77 bits per heavy atom. The van der Waals surface area contributed by atoms with Crippen LogP contribution < -0.4 is 14.8 Å². The number of aromatic nitrogens is 1. The maximum absolute atomic E-state index is 13.1. The van der Waals surface area contributed by atoms with Crippen LogP contribution in [0.3, 0.4) is 0 Å². The minimum atomic E-state index is -0.267. The molecular formula is C23H25FN2O3S. The maximum Gasteiger partial charge on any atom is 0.251 e. The smallest absolute Gasteiger partial charge is 0.251 e. The first-order valence-corrected chi connectivity index (χ1v) is 10.7. The molecule has 5 nitrogen and oxygen atoms in total. The van der Waals surface area contributed by atoms with Crippen LogP contribution in [0.15, 0.2) is 42.5 Å². The highest BCUT2D eigenvalue weighted by Gasteiger charge is 2.13. The Morgan fingerprint density at radius 3 is 2.47 bits per heavy atom. The standard InChI is InChI=1S/C23H25FN2O3S/c1-4-28-19-11-8-17(14-20(19)29-5-2)22(27)25-13-12-21-15(3)26-23(30-21)16-6-9-18(24)10-7-16/h6-11,14H,4-5,12-13H2,1-3H3,(H,25,27). The number of ether oxygens (including phenoxy) is 2. The van der Waals surface area contributed by atoms with E-state index in [1.165, 1.54) is 12.1 Å². The number of thiazole rings is 1. The van der Waals surface area contributed by atoms with E-state index in [0.717, 1.165) is 21.1 Å². The molecule has 30 heavy (non-hydrogen) atoms. The van der Waals surface area contributed by atoms with Gasteiger partial charge in [0, 0.05) is 29.0 Å². The van der Waals surface area contributed by atoms with Gasteiger partial charge in [0.2, 0.25) is 0 Å². The number of aryl methyl sites for hydroxylation is 1. The lowest BCUT2D eigenvalue weighted by Crippen LogP contribution is -2.25. The third kappa shape index (κ3) is 5.36. The number of amides is 1. The topological polar surface area (TPSA) is 60.5 Å². The summed E-state index contributed by atoms with van der Waals surface area (Å²) in [7, 11) is 0. The highest BCUT2D eigenvalue weighted by molar-refractivity contribution is 7.15. The molecule has 0 bridgehead atoms. The largest absolute Gasteiger partial charge is 0.490 e. The molecule has 1 aromatic heterocycles. The number of carbonyl (C=O) groups excluding carboxylic acids is 1. The highest BCUT2D eigenvalue weighted by atomic mass is 32.1. The summed E-state index contributed by atoms with van der Waals surface area (Å²) in [6.07, 6.45) is 0.672. The molecule has 158 valence electrons. The lowest BCUT2D eigenvalue weighted by atomic mass is 10.2. The Kier molecular flexibility index (Phi) is 7.41. The van der Waals surface area contributed by atoms with Crippen LogP contribution in [0, 0.1) is 12.7 Å². The Morgan fingerprint density at radius 1 is 1.07 bits per heavy atom. The second kappa shape index (κ2) is 10.2. The van der Waals surface area contributed by atoms with E-state index in [2.05, 4.69) is 10.3 Å². The molecule has 3 aromatic rings. The number of carbonyl (C=O) groups is 1. The minimum absolute atomic E-state index is 0.167. The molecule has 1 amide bonds. The Labute approximate surface area is 179 Å². The summed E-state index contributed by atoms with van der Waals surface area (Å²) in [6.45, 7) is 7.24. The molecule has 1 heterocycles. The van der Waals surface area contributed by atoms with Crippen molar-refractivity contribution in [2.75, 3.05) is 19.8 Å². The molecule has 1 N–H and O–H groups in total. The fourth-order valence-corrected chi connectivity index (χ4v) is 4.03. The van der Waals surface area contributed by atoms with Crippen molar-refractivity contribution < 1.29 is 18.7 Å². The van der Waals surface area contributed by atoms with E-state index in [-0.39, 0.29) is 11.7 Å². The zero-order valence-electron chi connectivity index (χ0n) is 17.3. The van der Waals surface area contributed by atoms with E-state index in [0.29, 0.717) is 43.2 Å². The molecule has 2 aromatic carbocycles. The Balaban J connectivity index is 1.62. The van der Waals surface area contributed by atoms with Crippen molar-refractivity contribution in [3.8, 4) is 22.1 Å². The van der Waals surface area contributed by atoms with Crippen LogP contribution >= 0.6 is 11.3 Å². The third-order valence-corrected chi connectivity index (χ3v) is 5.69. The van der Waals surface area contributed by atoms with Crippen molar-refractivity contribution in [3.05, 3.63) is 64.4 Å². The molecule has 0 aliphatic heterocycles. The van der Waals surface area contributed by atoms with Crippen LogP contribution in [-0.2, 0) is 6.42 Å². The first-order valence-electron chi connectivity index (χ1n) is 9.91. The van der Waals surface area contributed by atoms with Crippen LogP contribution in [0.4, 0.5) is 4.39 Å². The number of halogens is 1. The molecule has 0 spiro atoms. The van der Waals surface area contributed by atoms with Crippen molar-refractivity contribution >= 4 is 17.2 Å². The van der Waals surface area contributed by atoms with Gasteiger partial charge in [-0.3, -0.25) is 4.79 Å². The number of nitrogens with one attached hydrogen (secondary N) is 1. The highest BCUT2D eigenvalue weighted by Crippen LogP contribution is 2.29. The van der Waals surface area contributed by atoms with Crippen LogP contribution in [0.1, 0.15) is 34.8 Å². The Hall–Kier alpha value is -2.93. The summed E-state index contributed by atoms with van der Waals surface area (Å²) < 4.78 is 24.3. The third-order valence-electron chi connectivity index (χ3n) is 4.43. The van der Waals surface area contributed by atoms with Gasteiger partial charge in [0.1, 0.15) is 10.8 Å². The molecule has 0 unspecified atom stereocenters. The first-order chi connectivity index (χ1) is 14.5. The molecule has 0 atom stereocenters. The molecule has 0 saturated heterocycles. The summed E-state index contributed by atoms with van der Waals surface area (Å²) in [5, 5.41) is 3.79. The summed E-state index contributed by atoms with van der Waals surface area (Å²) in [5.74, 6) is 0.760. The van der Waals surface area contributed by atoms with Gasteiger partial charge in [0.05, 0.1) is 18.9 Å². The zero-order chi connectivity index (χ0) is 21.5. The number of hydrogen-bond acceptors (Lipinski definition) is 5. The van der Waals surface area contributed by atoms with E-state index in [9.17, 15) is 9.18 Å². The summed E-state index contributed by atoms with van der Waals surface area (Å²) >= 11 is 1.56. The number of nitrogens with zero attached hydrogens (tertiary/aromatic N) is 1. The predicted molar refractivity (Wildman–Crippen MR) is 117 cm³/mol. The average Bonchev–Trinajstić information content (AvgIpc) is 3.10. The molecule has 7 heteroatoms. The fourth-order valence-electron chi connectivity index (χ4n) is 2.96. The van der Waals surface area contributed by atoms with Crippen molar-refractivity contribution in [2.45, 2.75) is 27.2 Å². The normalized spacial score (nSPS) is 10.7. The lowest BCUT2D eigenvalue weighted by molar-refractivity contribution is 0.0953. The van der Waals surface area contributed by atoms with E-state index >= 15 is 0 Å². The molecule has 0 fully saturated rings. The van der Waals surface area contributed by atoms with Gasteiger partial charge < -0.3 is 14.8 Å². The van der Waals surface area contributed by atoms with Gasteiger partial charge in [-0.05, 0) is 63.2 Å². The number of rotatable bonds is 9. The quantitative estimate of drug-likeness (QED) is 0.519. The summed E-state index contributed by atoms with van der Waals surface area (Å²) in [6, 6.07) is 11.5. The zero-order valence-corrected chi connectivity index (χ0v) is 18.1. The molecule has 0 aliphatic carbocycles. The second-order valence-electron chi connectivity index (χ2n) is 6.57. The fraction of sp³-hybridized carbons (Fsp3) is 0.304. The summed E-state index contributed by atoms with van der Waals surface area (Å²) in [5.41, 5.74) is 2.33. The molecule has 0 saturated carbocycles. The SMILES string of the molecule is CCOc1ccc(C(=O)NCCc2sc(-c3ccc(F)cc3)nc2C)cc1OCC. The summed E-state index contributed by atoms with van der Waals surface area (Å²) in [4.78, 5) is 18.2. The monoisotopic (exact) mass is 428 g/mol. The average molecular weight is 429 g/mol. The lowest BCUT2D eigenvalue weighted by Gasteiger charge is -2.12. The van der Waals surface area contributed by atoms with E-state index in [1.54, 1.807) is 41.7 Å².